The number of nitrogens with zero attached hydrogens (tertiary/aromatic N) is 2. The van der Waals surface area contributed by atoms with Crippen molar-refractivity contribution in [1.29, 1.82) is 0 Å². The van der Waals surface area contributed by atoms with Crippen molar-refractivity contribution in [2.75, 3.05) is 33.5 Å². The molecule has 10 atom stereocenters. The van der Waals surface area contributed by atoms with E-state index in [1.807, 2.05) is 85.7 Å². The fourth-order valence-corrected chi connectivity index (χ4v) is 12.8. The second-order valence-electron chi connectivity index (χ2n) is 27.7. The Bertz CT molecular complexity index is 2840. The van der Waals surface area contributed by atoms with Crippen LogP contribution in [0.2, 0.25) is 0 Å². The molecular formula is C72H111F3N6O12. The number of benzene rings is 3. The van der Waals surface area contributed by atoms with Crippen molar-refractivity contribution in [3.63, 3.8) is 0 Å². The summed E-state index contributed by atoms with van der Waals surface area (Å²) in [6.45, 7) is 27.5. The number of carbonyl (C=O) groups is 6. The minimum Gasteiger partial charge on any atom is -0.481 e. The van der Waals surface area contributed by atoms with Crippen molar-refractivity contribution in [2.45, 2.75) is 228 Å². The molecule has 93 heavy (non-hydrogen) atoms. The maximum atomic E-state index is 13.5. The van der Waals surface area contributed by atoms with E-state index in [1.54, 1.807) is 18.9 Å². The molecule has 2 saturated heterocycles. The zero-order valence-electron chi connectivity index (χ0n) is 57.4. The number of aryl methyl sites for hydroxylation is 3. The molecule has 8 rings (SSSR count). The molecule has 3 amide bonds. The highest BCUT2D eigenvalue weighted by Gasteiger charge is 2.54. The van der Waals surface area contributed by atoms with Gasteiger partial charge in [-0.25, -0.2) is 6.57 Å². The maximum Gasteiger partial charge on any atom is 0.411 e. The highest BCUT2D eigenvalue weighted by Crippen LogP contribution is 2.44. The summed E-state index contributed by atoms with van der Waals surface area (Å²) in [4.78, 5) is 78.1. The smallest absolute Gasteiger partial charge is 0.411 e. The first-order valence-electron chi connectivity index (χ1n) is 32.8. The van der Waals surface area contributed by atoms with Gasteiger partial charge in [-0.3, -0.25) is 24.0 Å². The molecule has 0 spiro atoms. The molecule has 2 fully saturated rings. The zero-order chi connectivity index (χ0) is 69.1. The normalized spacial score (nSPS) is 21.5. The lowest BCUT2D eigenvalue weighted by atomic mass is 9.71. The van der Waals surface area contributed by atoms with Crippen molar-refractivity contribution in [3.8, 4) is 0 Å². The molecule has 2 heterocycles. The molecular weight excluding hydrogens is 1200 g/mol. The third-order valence-electron chi connectivity index (χ3n) is 17.9. The molecule has 3 unspecified atom stereocenters. The van der Waals surface area contributed by atoms with Gasteiger partial charge in [-0.15, -0.1) is 0 Å². The molecule has 3 aromatic rings. The van der Waals surface area contributed by atoms with Crippen LogP contribution in [0.5, 0.6) is 0 Å². The zero-order valence-corrected chi connectivity index (χ0v) is 57.4. The summed E-state index contributed by atoms with van der Waals surface area (Å²) in [5, 5.41) is 39.4. The van der Waals surface area contributed by atoms with E-state index in [1.165, 1.54) is 39.8 Å². The van der Waals surface area contributed by atoms with Crippen LogP contribution in [0.4, 0.5) is 13.2 Å². The van der Waals surface area contributed by atoms with Crippen molar-refractivity contribution >= 4 is 35.8 Å². The van der Waals surface area contributed by atoms with E-state index in [2.05, 4.69) is 71.8 Å². The average Bonchev–Trinajstić information content (AvgIpc) is 1.62. The topological polar surface area (TPSA) is 294 Å². The van der Waals surface area contributed by atoms with Gasteiger partial charge in [0.05, 0.1) is 42.7 Å². The minimum atomic E-state index is -4.40. The minimum absolute atomic E-state index is 0. The third-order valence-corrected chi connectivity index (χ3v) is 17.9. The number of hydrogen-bond acceptors (Lipinski definition) is 13. The average molecular weight is 1310 g/mol. The van der Waals surface area contributed by atoms with Crippen LogP contribution in [0.3, 0.4) is 0 Å². The molecule has 522 valence electrons. The number of ketones is 1. The molecule has 0 saturated carbocycles. The van der Waals surface area contributed by atoms with E-state index in [0.29, 0.717) is 44.6 Å². The highest BCUT2D eigenvalue weighted by molar-refractivity contribution is 5.92. The Morgan fingerprint density at radius 2 is 1.25 bits per heavy atom. The molecule has 0 bridgehead atoms. The van der Waals surface area contributed by atoms with Crippen LogP contribution < -0.4 is 22.5 Å². The molecule has 0 radical (unpaired) electrons. The van der Waals surface area contributed by atoms with Gasteiger partial charge in [0.1, 0.15) is 30.9 Å². The van der Waals surface area contributed by atoms with E-state index in [-0.39, 0.29) is 96.5 Å². The number of carboxylic acid groups (broad SMARTS) is 1. The molecule has 11 N–H and O–H groups in total. The van der Waals surface area contributed by atoms with Crippen molar-refractivity contribution in [2.24, 2.45) is 45.7 Å². The first kappa shape index (κ1) is 83.0. The fraction of sp³-hybridized carbons (Fsp3) is 0.653. The van der Waals surface area contributed by atoms with Gasteiger partial charge in [0.2, 0.25) is 23.8 Å². The number of Topliss-reactive ketones (excluding diaryl/α,β-unsaturated/α-hetero) is 1. The van der Waals surface area contributed by atoms with Crippen LogP contribution in [0.25, 0.3) is 4.85 Å². The highest BCUT2D eigenvalue weighted by atomic mass is 19.4. The lowest BCUT2D eigenvalue weighted by molar-refractivity contribution is -0.159. The number of amides is 3. The predicted molar refractivity (Wildman–Crippen MR) is 355 cm³/mol. The Hall–Kier alpha value is -6.12. The number of hydrogen-bond donors (Lipinski definition) is 8. The van der Waals surface area contributed by atoms with E-state index in [4.69, 9.17) is 37.1 Å². The molecule has 2 aliphatic heterocycles. The van der Waals surface area contributed by atoms with Crippen LogP contribution in [-0.2, 0) is 57.5 Å². The molecule has 3 aliphatic carbocycles. The van der Waals surface area contributed by atoms with E-state index >= 15 is 0 Å². The molecule has 21 heteroatoms. The van der Waals surface area contributed by atoms with E-state index < -0.39 is 48.1 Å². The quantitative estimate of drug-likeness (QED) is 0.0409. The number of carbonyl (C=O) groups excluding carboxylic acids is 5. The number of aliphatic hydroxyl groups is 3. The number of rotatable bonds is 19. The number of nitrogens with one attached hydrogen (secondary N) is 2. The summed E-state index contributed by atoms with van der Waals surface area (Å²) < 4.78 is 42.9. The maximum absolute atomic E-state index is 13.5. The summed E-state index contributed by atoms with van der Waals surface area (Å²) in [5.41, 5.74) is 12.8. The third kappa shape index (κ3) is 26.9. The summed E-state index contributed by atoms with van der Waals surface area (Å²) in [6, 6.07) is 23.9. The SMILES string of the molecule is CC(C)CC(C)(C)C=O.CC1(C)C[C@@H]2OCC[C@H](N)C(=O)N2C1C(=O)N[C@@H]1CCCc2ccccc21.COC(C)CC(C)(C)C(CC(=O)[C@@H](C)CCO)C(=O)N[C@@H]1CCCc2ccccc21.C[C@@H](CCO)C(=O)O.N.OCC(F)(F)F.[C-]#[N+][C@@H]1CCCc2ccccc21. The van der Waals surface area contributed by atoms with Gasteiger partial charge >= 0.3 is 12.1 Å². The van der Waals surface area contributed by atoms with Crippen LogP contribution in [0.15, 0.2) is 72.8 Å². The number of methoxy groups -OCH3 is 1. The predicted octanol–water partition coefficient (Wildman–Crippen LogP) is 12.1. The standard InChI is InChI=1S/C25H39NO4.C21H29N3O3.C11H11N.C8H16O.C5H10O3.C2H3F3O.H3N/c1-17(13-14-27)23(28)15-21(25(3,4)16-18(2)30-5)24(29)26-22-12-8-10-19-9-6-7-11-20(19)22;1-21(2)12-17-24(20(26)15(22)10-11-27-17)18(21)19(25)23-16-9-5-7-13-6-3-4-8-14(13)16;1-12-11-8-4-6-9-5-2-3-7-10(9)11;1-7(2)5-8(3,4)6-9;1-4(2-3-6)5(7)8;3-2(4,5)1-6;/h6-7,9,11,17-18,21-22,27H,8,10,12-16H2,1-5H3,(H,26,29);3-4,6,8,15-18H,5,7,9-12,22H2,1-2H3,(H,23,25);2-3,5,7,11H,4,6,8H2;6-7H,5H2,1-4H3;4,6H,2-3H2,1H3,(H,7,8);6H,1H2;1H3/t17-,18?,21?,22+;15-,16+,17-,18?;11-;;4-;;/m001.0../s1. The van der Waals surface area contributed by atoms with Crippen molar-refractivity contribution in [1.82, 2.24) is 21.7 Å². The van der Waals surface area contributed by atoms with Crippen LogP contribution in [0.1, 0.15) is 211 Å². The van der Waals surface area contributed by atoms with Gasteiger partial charge in [-0.05, 0) is 141 Å². The number of fused-ring (bicyclic) bond motifs is 4. The summed E-state index contributed by atoms with van der Waals surface area (Å²) in [7, 11) is 1.67. The number of carboxylic acids is 1. The summed E-state index contributed by atoms with van der Waals surface area (Å²) in [5.74, 6) is -1.65. The van der Waals surface area contributed by atoms with Crippen LogP contribution >= 0.6 is 0 Å². The molecule has 3 aromatic carbocycles. The van der Waals surface area contributed by atoms with Gasteiger partial charge in [-0.2, -0.15) is 13.2 Å². The second-order valence-corrected chi connectivity index (χ2v) is 27.7. The number of ether oxygens (including phenoxy) is 2. The lowest BCUT2D eigenvalue weighted by Crippen LogP contribution is -2.56. The summed E-state index contributed by atoms with van der Waals surface area (Å²) >= 11 is 0. The largest absolute Gasteiger partial charge is 0.481 e. The summed E-state index contributed by atoms with van der Waals surface area (Å²) in [6.07, 6.45) is 9.42. The number of aldehydes is 1. The number of aliphatic hydroxyl groups excluding tert-OH is 3. The van der Waals surface area contributed by atoms with Gasteiger partial charge < -0.3 is 67.0 Å². The first-order chi connectivity index (χ1) is 43.2. The number of nitrogens with two attached hydrogens (primary N) is 1. The number of alkyl halides is 3. The van der Waals surface area contributed by atoms with Crippen molar-refractivity contribution in [3.05, 3.63) is 118 Å². The van der Waals surface area contributed by atoms with Gasteiger partial charge in [0.15, 0.2) is 0 Å². The van der Waals surface area contributed by atoms with E-state index in [9.17, 15) is 47.0 Å². The Morgan fingerprint density at radius 3 is 1.69 bits per heavy atom. The molecule has 0 aromatic heterocycles. The monoisotopic (exact) mass is 1310 g/mol. The van der Waals surface area contributed by atoms with Gasteiger partial charge in [0.25, 0.3) is 0 Å². The van der Waals surface area contributed by atoms with Crippen LogP contribution in [0, 0.1) is 46.5 Å². The Kier molecular flexibility index (Phi) is 35.4. The van der Waals surface area contributed by atoms with Gasteiger partial charge in [0, 0.05) is 50.1 Å². The Labute approximate surface area is 551 Å². The van der Waals surface area contributed by atoms with Crippen LogP contribution in [-0.4, -0.2) is 125 Å². The second kappa shape index (κ2) is 39.7. The molecule has 18 nitrogen and oxygen atoms in total. The number of aliphatic carboxylic acids is 1. The van der Waals surface area contributed by atoms with E-state index in [0.717, 1.165) is 64.1 Å². The Balaban J connectivity index is 0.000000421. The lowest BCUT2D eigenvalue weighted by Gasteiger charge is -2.37. The fourth-order valence-electron chi connectivity index (χ4n) is 12.8. The Morgan fingerprint density at radius 1 is 0.774 bits per heavy atom. The number of halogens is 3. The molecule has 5 aliphatic rings. The van der Waals surface area contributed by atoms with Crippen molar-refractivity contribution < 1.29 is 71.8 Å². The first-order valence-corrected chi connectivity index (χ1v) is 32.8. The van der Waals surface area contributed by atoms with Gasteiger partial charge in [-0.1, -0.05) is 142 Å².